The summed E-state index contributed by atoms with van der Waals surface area (Å²) in [6, 6.07) is -5.00. The van der Waals surface area contributed by atoms with E-state index in [1.54, 1.807) is 0 Å². The molecule has 0 saturated carbocycles. The molecule has 200 valence electrons. The Kier molecular flexibility index (Phi) is 15.8. The molecule has 0 aliphatic heterocycles. The molecule has 0 rings (SSSR count). The summed E-state index contributed by atoms with van der Waals surface area (Å²) >= 11 is 3.96. The smallest absolute Gasteiger partial charge is 0.326 e. The monoisotopic (exact) mass is 520 g/mol. The van der Waals surface area contributed by atoms with Crippen molar-refractivity contribution < 1.29 is 34.2 Å². The quantitative estimate of drug-likeness (QED) is 0.0365. The first kappa shape index (κ1) is 31.9. The molecule has 4 unspecified atom stereocenters. The second-order valence-electron chi connectivity index (χ2n) is 7.64. The van der Waals surface area contributed by atoms with Crippen LogP contribution in [0.4, 0.5) is 0 Å². The molecule has 0 bridgehead atoms. The number of aliphatic carboxylic acids is 2. The number of thiol groups is 1. The number of carbonyl (C=O) groups is 5. The Morgan fingerprint density at radius 3 is 1.80 bits per heavy atom. The van der Waals surface area contributed by atoms with Crippen molar-refractivity contribution in [1.29, 1.82) is 0 Å². The lowest BCUT2D eigenvalue weighted by molar-refractivity contribution is -0.147. The number of nitrogens with zero attached hydrogens (tertiary/aromatic N) is 1. The zero-order chi connectivity index (χ0) is 27.0. The van der Waals surface area contributed by atoms with Gasteiger partial charge in [-0.2, -0.15) is 12.6 Å². The highest BCUT2D eigenvalue weighted by atomic mass is 32.1. The van der Waals surface area contributed by atoms with Gasteiger partial charge >= 0.3 is 11.9 Å². The second-order valence-corrected chi connectivity index (χ2v) is 8.01. The molecule has 0 spiro atoms. The normalized spacial score (nSPS) is 14.0. The van der Waals surface area contributed by atoms with Crippen molar-refractivity contribution >= 4 is 48.2 Å². The number of aliphatic imine (C=N–C) groups is 1. The van der Waals surface area contributed by atoms with E-state index in [0.29, 0.717) is 19.4 Å². The minimum atomic E-state index is -1.72. The summed E-state index contributed by atoms with van der Waals surface area (Å²) in [6.07, 6.45) is 0.625. The molecule has 0 heterocycles. The Morgan fingerprint density at radius 2 is 1.34 bits per heavy atom. The van der Waals surface area contributed by atoms with Crippen molar-refractivity contribution in [1.82, 2.24) is 16.0 Å². The minimum absolute atomic E-state index is 0.00656. The van der Waals surface area contributed by atoms with Gasteiger partial charge in [-0.25, -0.2) is 4.79 Å². The number of hydrogen-bond donors (Lipinski definition) is 10. The molecule has 16 heteroatoms. The summed E-state index contributed by atoms with van der Waals surface area (Å²) in [6.45, 7) is 0.487. The third kappa shape index (κ3) is 14.0. The first-order chi connectivity index (χ1) is 16.4. The molecule has 0 aliphatic carbocycles. The number of rotatable bonds is 18. The van der Waals surface area contributed by atoms with E-state index in [0.717, 1.165) is 0 Å². The van der Waals surface area contributed by atoms with Crippen molar-refractivity contribution in [2.45, 2.75) is 62.7 Å². The number of nitrogens with two attached hydrogens (primary N) is 4. The summed E-state index contributed by atoms with van der Waals surface area (Å²) in [5, 5.41) is 25.2. The number of nitrogens with one attached hydrogen (secondary N) is 3. The summed E-state index contributed by atoms with van der Waals surface area (Å²) in [4.78, 5) is 64.0. The van der Waals surface area contributed by atoms with Crippen LogP contribution < -0.4 is 38.9 Å². The average molecular weight is 521 g/mol. The Morgan fingerprint density at radius 1 is 0.829 bits per heavy atom. The third-order valence-electron chi connectivity index (χ3n) is 4.68. The van der Waals surface area contributed by atoms with Crippen molar-refractivity contribution in [3.8, 4) is 0 Å². The van der Waals surface area contributed by atoms with Crippen LogP contribution in [0.25, 0.3) is 0 Å². The van der Waals surface area contributed by atoms with Gasteiger partial charge in [0.05, 0.1) is 12.5 Å². The van der Waals surface area contributed by atoms with Gasteiger partial charge < -0.3 is 49.1 Å². The van der Waals surface area contributed by atoms with E-state index in [4.69, 9.17) is 28.0 Å². The molecule has 0 aliphatic rings. The molecule has 0 aromatic carbocycles. The van der Waals surface area contributed by atoms with Gasteiger partial charge in [0.1, 0.15) is 18.1 Å². The van der Waals surface area contributed by atoms with Gasteiger partial charge in [-0.05, 0) is 38.6 Å². The lowest BCUT2D eigenvalue weighted by atomic mass is 10.1. The molecule has 13 N–H and O–H groups in total. The van der Waals surface area contributed by atoms with Crippen LogP contribution in [0.15, 0.2) is 4.99 Å². The van der Waals surface area contributed by atoms with Gasteiger partial charge in [-0.3, -0.25) is 24.2 Å². The summed E-state index contributed by atoms with van der Waals surface area (Å²) < 4.78 is 0. The number of carboxylic acid groups (broad SMARTS) is 2. The van der Waals surface area contributed by atoms with E-state index in [1.807, 2.05) is 0 Å². The molecule has 15 nitrogen and oxygen atoms in total. The van der Waals surface area contributed by atoms with E-state index in [-0.39, 0.29) is 37.5 Å². The average Bonchev–Trinajstić information content (AvgIpc) is 2.78. The molecule has 0 radical (unpaired) electrons. The van der Waals surface area contributed by atoms with E-state index in [9.17, 15) is 29.1 Å². The van der Waals surface area contributed by atoms with Crippen LogP contribution in [-0.2, 0) is 24.0 Å². The van der Waals surface area contributed by atoms with Crippen LogP contribution in [0, 0.1) is 0 Å². The fourth-order valence-electron chi connectivity index (χ4n) is 2.81. The molecule has 0 aromatic rings. The lowest BCUT2D eigenvalue weighted by Gasteiger charge is -2.25. The van der Waals surface area contributed by atoms with Crippen LogP contribution in [-0.4, -0.2) is 88.8 Å². The maximum atomic E-state index is 13.0. The van der Waals surface area contributed by atoms with E-state index >= 15 is 0 Å². The van der Waals surface area contributed by atoms with Crippen molar-refractivity contribution in [2.24, 2.45) is 27.9 Å². The molecule has 0 fully saturated rings. The van der Waals surface area contributed by atoms with Crippen LogP contribution in [0.3, 0.4) is 0 Å². The number of unbranched alkanes of at least 4 members (excludes halogenated alkanes) is 1. The Hall–Kier alpha value is -3.11. The predicted molar refractivity (Wildman–Crippen MR) is 130 cm³/mol. The Bertz CT molecular complexity index is 763. The maximum Gasteiger partial charge on any atom is 0.326 e. The highest BCUT2D eigenvalue weighted by Crippen LogP contribution is 2.06. The lowest BCUT2D eigenvalue weighted by Crippen LogP contribution is -2.57. The summed E-state index contributed by atoms with van der Waals surface area (Å²) in [5.41, 5.74) is 21.7. The van der Waals surface area contributed by atoms with E-state index in [1.165, 1.54) is 0 Å². The molecule has 0 saturated heterocycles. The van der Waals surface area contributed by atoms with Gasteiger partial charge in [0.2, 0.25) is 17.7 Å². The molecule has 3 amide bonds. The van der Waals surface area contributed by atoms with Gasteiger partial charge in [-0.1, -0.05) is 0 Å². The SMILES string of the molecule is NCCCCC(NC(=O)C(N)CS)C(=O)NC(CCCN=C(N)N)C(=O)NC(CC(=O)O)C(=O)O. The number of carbonyl (C=O) groups excluding carboxylic acids is 3. The zero-order valence-corrected chi connectivity index (χ0v) is 20.2. The number of amides is 3. The Balaban J connectivity index is 5.60. The van der Waals surface area contributed by atoms with Gasteiger partial charge in [0.15, 0.2) is 5.96 Å². The topological polar surface area (TPSA) is 278 Å². The molecule has 35 heavy (non-hydrogen) atoms. The van der Waals surface area contributed by atoms with Gasteiger partial charge in [-0.15, -0.1) is 0 Å². The number of hydrogen-bond acceptors (Lipinski definition) is 9. The van der Waals surface area contributed by atoms with Gasteiger partial charge in [0, 0.05) is 12.3 Å². The minimum Gasteiger partial charge on any atom is -0.481 e. The first-order valence-corrected chi connectivity index (χ1v) is 11.5. The van der Waals surface area contributed by atoms with Crippen molar-refractivity contribution in [2.75, 3.05) is 18.8 Å². The van der Waals surface area contributed by atoms with Crippen molar-refractivity contribution in [3.05, 3.63) is 0 Å². The second kappa shape index (κ2) is 17.3. The fraction of sp³-hybridized carbons (Fsp3) is 0.684. The van der Waals surface area contributed by atoms with Crippen LogP contribution in [0.1, 0.15) is 38.5 Å². The van der Waals surface area contributed by atoms with Crippen molar-refractivity contribution in [3.63, 3.8) is 0 Å². The number of carboxylic acids is 2. The third-order valence-corrected chi connectivity index (χ3v) is 5.08. The van der Waals surface area contributed by atoms with Crippen LogP contribution >= 0.6 is 12.6 Å². The summed E-state index contributed by atoms with van der Waals surface area (Å²) in [5.74, 6) is -5.38. The molecule has 0 aromatic heterocycles. The van der Waals surface area contributed by atoms with Crippen LogP contribution in [0.2, 0.25) is 0 Å². The first-order valence-electron chi connectivity index (χ1n) is 10.9. The summed E-state index contributed by atoms with van der Waals surface area (Å²) in [7, 11) is 0. The zero-order valence-electron chi connectivity index (χ0n) is 19.3. The van der Waals surface area contributed by atoms with E-state index < -0.39 is 60.2 Å². The molecular weight excluding hydrogens is 484 g/mol. The predicted octanol–water partition coefficient (Wildman–Crippen LogP) is -3.56. The Labute approximate surface area is 208 Å². The highest BCUT2D eigenvalue weighted by molar-refractivity contribution is 7.80. The number of guanidine groups is 1. The maximum absolute atomic E-state index is 13.0. The molecule has 4 atom stereocenters. The van der Waals surface area contributed by atoms with Crippen LogP contribution in [0.5, 0.6) is 0 Å². The molecular formula is C19H36N8O7S. The highest BCUT2D eigenvalue weighted by Gasteiger charge is 2.30. The fourth-order valence-corrected chi connectivity index (χ4v) is 2.98. The van der Waals surface area contributed by atoms with Gasteiger partial charge in [0.25, 0.3) is 0 Å². The van der Waals surface area contributed by atoms with E-state index in [2.05, 4.69) is 33.6 Å². The largest absolute Gasteiger partial charge is 0.481 e. The standard InChI is InChI=1S/C19H36N8O7S/c20-6-2-1-4-11(25-15(30)10(21)9-35)16(31)26-12(5-3-7-24-19(22)23)17(32)27-13(18(33)34)8-14(28)29/h10-13,35H,1-9,20-21H2,(H,25,30)(H,26,31)(H,27,32)(H,28,29)(H,33,34)(H4,22,23,24).